The predicted molar refractivity (Wildman–Crippen MR) is 127 cm³/mol. The smallest absolute Gasteiger partial charge is 0.231 e. The summed E-state index contributed by atoms with van der Waals surface area (Å²) in [7, 11) is 0. The van der Waals surface area contributed by atoms with Gasteiger partial charge in [0.25, 0.3) is 0 Å². The van der Waals surface area contributed by atoms with Gasteiger partial charge in [-0.25, -0.2) is 0 Å². The maximum atomic E-state index is 13.8. The number of hydrogen-bond donors (Lipinski definition) is 1. The van der Waals surface area contributed by atoms with Crippen LogP contribution >= 0.6 is 0 Å². The Morgan fingerprint density at radius 2 is 1.88 bits per heavy atom. The van der Waals surface area contributed by atoms with Crippen molar-refractivity contribution in [1.29, 1.82) is 0 Å². The molecule has 0 fully saturated rings. The van der Waals surface area contributed by atoms with Gasteiger partial charge in [-0.2, -0.15) is 0 Å². The molecular formula is C27H30N2O4. The van der Waals surface area contributed by atoms with Crippen molar-refractivity contribution in [1.82, 2.24) is 0 Å². The Morgan fingerprint density at radius 3 is 2.67 bits per heavy atom. The minimum atomic E-state index is -0.541. The number of rotatable bonds is 3. The molecule has 0 radical (unpaired) electrons. The van der Waals surface area contributed by atoms with E-state index in [0.717, 1.165) is 29.1 Å². The van der Waals surface area contributed by atoms with Crippen LogP contribution in [0.2, 0.25) is 0 Å². The Balaban J connectivity index is 1.75. The van der Waals surface area contributed by atoms with E-state index in [2.05, 4.69) is 19.2 Å². The topological polar surface area (TPSA) is 67.9 Å². The Kier molecular flexibility index (Phi) is 5.19. The van der Waals surface area contributed by atoms with Gasteiger partial charge in [-0.15, -0.1) is 0 Å². The number of ketones is 1. The quantitative estimate of drug-likeness (QED) is 0.664. The molecule has 1 aliphatic carbocycles. The van der Waals surface area contributed by atoms with E-state index >= 15 is 0 Å². The summed E-state index contributed by atoms with van der Waals surface area (Å²) in [6.45, 7) is 8.47. The lowest BCUT2D eigenvalue weighted by atomic mass is 9.73. The monoisotopic (exact) mass is 446 g/mol. The van der Waals surface area contributed by atoms with Crippen LogP contribution in [0.3, 0.4) is 0 Å². The van der Waals surface area contributed by atoms with Crippen molar-refractivity contribution >= 4 is 23.1 Å². The SMILES string of the molecule is CC(C)CC(=O)N1c2ccccc2NC2=C(C(=O)CC(C)(C)C2)[C@@H]1c1ccc2c(c1)OCO2. The van der Waals surface area contributed by atoms with Crippen molar-refractivity contribution in [3.63, 3.8) is 0 Å². The summed E-state index contributed by atoms with van der Waals surface area (Å²) in [6.07, 6.45) is 1.56. The maximum Gasteiger partial charge on any atom is 0.231 e. The van der Waals surface area contributed by atoms with E-state index in [9.17, 15) is 9.59 Å². The van der Waals surface area contributed by atoms with Crippen LogP contribution in [-0.2, 0) is 9.59 Å². The standard InChI is InChI=1S/C27H30N2O4/c1-16(2)11-24(31)29-20-8-6-5-7-18(20)28-19-13-27(3,4)14-21(30)25(19)26(29)17-9-10-22-23(12-17)33-15-32-22/h5-10,12,16,26,28H,11,13-15H2,1-4H3/t26-/m0/s1. The van der Waals surface area contributed by atoms with Gasteiger partial charge in [-0.3, -0.25) is 14.5 Å². The number of carbonyl (C=O) groups excluding carboxylic acids is 2. The van der Waals surface area contributed by atoms with Gasteiger partial charge in [0.15, 0.2) is 17.3 Å². The Labute approximate surface area is 194 Å². The molecule has 0 aromatic heterocycles. The number of hydrogen-bond acceptors (Lipinski definition) is 5. The summed E-state index contributed by atoms with van der Waals surface area (Å²) in [5.74, 6) is 1.57. The number of allylic oxidation sites excluding steroid dienone is 1. The lowest BCUT2D eigenvalue weighted by molar-refractivity contribution is -0.120. The van der Waals surface area contributed by atoms with E-state index in [4.69, 9.17) is 9.47 Å². The number of para-hydroxylation sites is 2. The number of nitrogens with zero attached hydrogens (tertiary/aromatic N) is 1. The van der Waals surface area contributed by atoms with Crippen LogP contribution in [0.4, 0.5) is 11.4 Å². The second-order valence-corrected chi connectivity index (χ2v) is 10.4. The summed E-state index contributed by atoms with van der Waals surface area (Å²) in [5.41, 5.74) is 3.87. The molecule has 2 aliphatic heterocycles. The summed E-state index contributed by atoms with van der Waals surface area (Å²) in [6, 6.07) is 13.0. The molecule has 1 amide bonds. The Morgan fingerprint density at radius 1 is 1.12 bits per heavy atom. The summed E-state index contributed by atoms with van der Waals surface area (Å²) < 4.78 is 11.2. The molecule has 2 heterocycles. The molecule has 1 N–H and O–H groups in total. The number of benzene rings is 2. The van der Waals surface area contributed by atoms with Crippen LogP contribution in [0, 0.1) is 11.3 Å². The molecule has 33 heavy (non-hydrogen) atoms. The highest BCUT2D eigenvalue weighted by Crippen LogP contribution is 2.49. The van der Waals surface area contributed by atoms with Crippen molar-refractivity contribution in [3.8, 4) is 11.5 Å². The van der Waals surface area contributed by atoms with Crippen molar-refractivity contribution in [2.75, 3.05) is 17.0 Å². The number of anilines is 2. The van der Waals surface area contributed by atoms with Gasteiger partial charge in [0, 0.05) is 24.1 Å². The summed E-state index contributed by atoms with van der Waals surface area (Å²) in [4.78, 5) is 29.2. The van der Waals surface area contributed by atoms with Gasteiger partial charge in [0.2, 0.25) is 12.7 Å². The maximum absolute atomic E-state index is 13.8. The molecule has 0 unspecified atom stereocenters. The predicted octanol–water partition coefficient (Wildman–Crippen LogP) is 5.60. The number of fused-ring (bicyclic) bond motifs is 2. The number of Topliss-reactive ketones (excluding diaryl/α,β-unsaturated/α-hetero) is 1. The Bertz CT molecular complexity index is 1160. The highest BCUT2D eigenvalue weighted by atomic mass is 16.7. The fourth-order valence-corrected chi connectivity index (χ4v) is 5.11. The van der Waals surface area contributed by atoms with E-state index in [1.807, 2.05) is 61.2 Å². The average molecular weight is 447 g/mol. The summed E-state index contributed by atoms with van der Waals surface area (Å²) in [5, 5.41) is 3.55. The van der Waals surface area contributed by atoms with Gasteiger partial charge in [-0.05, 0) is 47.6 Å². The van der Waals surface area contributed by atoms with Gasteiger partial charge < -0.3 is 14.8 Å². The zero-order valence-electron chi connectivity index (χ0n) is 19.6. The fourth-order valence-electron chi connectivity index (χ4n) is 5.11. The molecule has 0 saturated heterocycles. The van der Waals surface area contributed by atoms with E-state index in [1.54, 1.807) is 0 Å². The highest BCUT2D eigenvalue weighted by Gasteiger charge is 2.43. The van der Waals surface area contributed by atoms with Crippen LogP contribution < -0.4 is 19.7 Å². The van der Waals surface area contributed by atoms with Crippen molar-refractivity contribution < 1.29 is 19.1 Å². The van der Waals surface area contributed by atoms with Gasteiger partial charge in [0.05, 0.1) is 17.4 Å². The first kappa shape index (κ1) is 21.6. The second-order valence-electron chi connectivity index (χ2n) is 10.4. The average Bonchev–Trinajstić information content (AvgIpc) is 3.14. The molecule has 6 heteroatoms. The molecule has 6 nitrogen and oxygen atoms in total. The molecule has 172 valence electrons. The molecule has 0 bridgehead atoms. The molecule has 2 aromatic carbocycles. The lowest BCUT2D eigenvalue weighted by Crippen LogP contribution is -2.40. The van der Waals surface area contributed by atoms with Gasteiger partial charge in [0.1, 0.15) is 0 Å². The van der Waals surface area contributed by atoms with Crippen molar-refractivity contribution in [2.45, 2.75) is 53.0 Å². The normalized spacial score (nSPS) is 20.8. The van der Waals surface area contributed by atoms with Crippen LogP contribution in [0.15, 0.2) is 53.7 Å². The van der Waals surface area contributed by atoms with Gasteiger partial charge >= 0.3 is 0 Å². The van der Waals surface area contributed by atoms with Gasteiger partial charge in [-0.1, -0.05) is 45.9 Å². The Hall–Kier alpha value is -3.28. The van der Waals surface area contributed by atoms with Crippen molar-refractivity contribution in [3.05, 3.63) is 59.3 Å². The molecule has 3 aliphatic rings. The van der Waals surface area contributed by atoms with Crippen LogP contribution in [0.1, 0.15) is 58.6 Å². The van der Waals surface area contributed by atoms with E-state index in [-0.39, 0.29) is 29.8 Å². The minimum Gasteiger partial charge on any atom is -0.454 e. The van der Waals surface area contributed by atoms with E-state index in [1.165, 1.54) is 0 Å². The first-order valence-corrected chi connectivity index (χ1v) is 11.6. The first-order valence-electron chi connectivity index (χ1n) is 11.6. The number of amides is 1. The van der Waals surface area contributed by atoms with E-state index in [0.29, 0.717) is 29.9 Å². The third-order valence-electron chi connectivity index (χ3n) is 6.46. The summed E-state index contributed by atoms with van der Waals surface area (Å²) >= 11 is 0. The highest BCUT2D eigenvalue weighted by molar-refractivity contribution is 6.06. The number of nitrogens with one attached hydrogen (secondary N) is 1. The molecule has 2 aromatic rings. The first-order chi connectivity index (χ1) is 15.7. The number of ether oxygens (including phenoxy) is 2. The molecule has 0 saturated carbocycles. The molecule has 5 rings (SSSR count). The zero-order chi connectivity index (χ0) is 23.3. The minimum absolute atomic E-state index is 0.00620. The number of carbonyl (C=O) groups is 2. The lowest BCUT2D eigenvalue weighted by Gasteiger charge is -2.37. The van der Waals surface area contributed by atoms with Crippen LogP contribution in [0.5, 0.6) is 11.5 Å². The molecule has 1 atom stereocenters. The van der Waals surface area contributed by atoms with Crippen LogP contribution in [-0.4, -0.2) is 18.5 Å². The third kappa shape index (κ3) is 3.88. The molecule has 0 spiro atoms. The van der Waals surface area contributed by atoms with Crippen molar-refractivity contribution in [2.24, 2.45) is 11.3 Å². The zero-order valence-corrected chi connectivity index (χ0v) is 19.6. The largest absolute Gasteiger partial charge is 0.454 e. The third-order valence-corrected chi connectivity index (χ3v) is 6.46. The second kappa shape index (κ2) is 7.94. The molecular weight excluding hydrogens is 416 g/mol. The van der Waals surface area contributed by atoms with Crippen LogP contribution in [0.25, 0.3) is 0 Å². The van der Waals surface area contributed by atoms with E-state index < -0.39 is 6.04 Å². The fraction of sp³-hybridized carbons (Fsp3) is 0.407.